The van der Waals surface area contributed by atoms with E-state index in [1.165, 1.54) is 11.0 Å². The zero-order valence-electron chi connectivity index (χ0n) is 12.6. The Bertz CT molecular complexity index is 652. The standard InChI is InChI=1S/C16H19N3O4/c20-14(17-23)7-6-12-4-1-2-5-13(12)19-9-3-8-16(19)10-18(11-16)15(21)22/h1-2,4-7,23H,3,8-11H2,(H,17,20)(H,21,22)/b7-6+. The van der Waals surface area contributed by atoms with Gasteiger partial charge in [-0.1, -0.05) is 18.2 Å². The molecule has 7 heteroatoms. The lowest BCUT2D eigenvalue weighted by Crippen LogP contribution is -2.69. The van der Waals surface area contributed by atoms with Gasteiger partial charge < -0.3 is 14.9 Å². The van der Waals surface area contributed by atoms with E-state index in [4.69, 9.17) is 10.3 Å². The lowest BCUT2D eigenvalue weighted by atomic mass is 9.86. The Morgan fingerprint density at radius 1 is 1.26 bits per heavy atom. The highest BCUT2D eigenvalue weighted by atomic mass is 16.5. The lowest BCUT2D eigenvalue weighted by molar-refractivity contribution is -0.124. The molecule has 2 heterocycles. The maximum absolute atomic E-state index is 11.2. The molecule has 2 aliphatic heterocycles. The summed E-state index contributed by atoms with van der Waals surface area (Å²) < 4.78 is 0. The maximum Gasteiger partial charge on any atom is 0.407 e. The van der Waals surface area contributed by atoms with Crippen molar-refractivity contribution < 1.29 is 19.9 Å². The summed E-state index contributed by atoms with van der Waals surface area (Å²) in [5, 5.41) is 17.7. The number of likely N-dealkylation sites (tertiary alicyclic amines) is 1. The van der Waals surface area contributed by atoms with Gasteiger partial charge in [0.25, 0.3) is 5.91 Å². The molecule has 1 aromatic carbocycles. The van der Waals surface area contributed by atoms with Gasteiger partial charge in [-0.2, -0.15) is 0 Å². The Hall–Kier alpha value is -2.54. The van der Waals surface area contributed by atoms with Crippen LogP contribution in [0.1, 0.15) is 18.4 Å². The molecule has 0 aliphatic carbocycles. The minimum absolute atomic E-state index is 0.137. The topological polar surface area (TPSA) is 93.1 Å². The third-order valence-corrected chi connectivity index (χ3v) is 4.59. The second-order valence-corrected chi connectivity index (χ2v) is 5.99. The number of para-hydroxylation sites is 1. The second kappa shape index (κ2) is 5.92. The molecule has 122 valence electrons. The number of hydrogen-bond acceptors (Lipinski definition) is 4. The molecule has 0 radical (unpaired) electrons. The van der Waals surface area contributed by atoms with Gasteiger partial charge in [0.1, 0.15) is 0 Å². The largest absolute Gasteiger partial charge is 0.465 e. The van der Waals surface area contributed by atoms with Crippen molar-refractivity contribution in [2.45, 2.75) is 18.4 Å². The Morgan fingerprint density at radius 2 is 2.00 bits per heavy atom. The van der Waals surface area contributed by atoms with Gasteiger partial charge in [0.15, 0.2) is 0 Å². The molecule has 1 aromatic rings. The number of amides is 2. The molecule has 2 amide bonds. The minimum Gasteiger partial charge on any atom is -0.465 e. The van der Waals surface area contributed by atoms with Crippen molar-refractivity contribution in [3.05, 3.63) is 35.9 Å². The average Bonchev–Trinajstić information content (AvgIpc) is 2.96. The first kappa shape index (κ1) is 15.4. The van der Waals surface area contributed by atoms with E-state index < -0.39 is 12.0 Å². The lowest BCUT2D eigenvalue weighted by Gasteiger charge is -2.52. The highest BCUT2D eigenvalue weighted by Crippen LogP contribution is 2.42. The van der Waals surface area contributed by atoms with Crippen LogP contribution in [0.25, 0.3) is 6.08 Å². The smallest absolute Gasteiger partial charge is 0.407 e. The van der Waals surface area contributed by atoms with Gasteiger partial charge in [0.05, 0.1) is 5.54 Å². The predicted octanol–water partition coefficient (Wildman–Crippen LogP) is 1.54. The van der Waals surface area contributed by atoms with Crippen molar-refractivity contribution in [2.75, 3.05) is 24.5 Å². The molecule has 0 atom stereocenters. The van der Waals surface area contributed by atoms with Crippen molar-refractivity contribution in [3.8, 4) is 0 Å². The van der Waals surface area contributed by atoms with E-state index in [1.807, 2.05) is 24.3 Å². The van der Waals surface area contributed by atoms with Crippen LogP contribution in [0.2, 0.25) is 0 Å². The fourth-order valence-corrected chi connectivity index (χ4v) is 3.52. The van der Waals surface area contributed by atoms with Crippen molar-refractivity contribution >= 4 is 23.8 Å². The summed E-state index contributed by atoms with van der Waals surface area (Å²) in [7, 11) is 0. The molecule has 3 rings (SSSR count). The molecule has 1 spiro atoms. The average molecular weight is 317 g/mol. The molecule has 7 nitrogen and oxygen atoms in total. The summed E-state index contributed by atoms with van der Waals surface area (Å²) >= 11 is 0. The van der Waals surface area contributed by atoms with Gasteiger partial charge in [0.2, 0.25) is 0 Å². The minimum atomic E-state index is -0.879. The predicted molar refractivity (Wildman–Crippen MR) is 84.3 cm³/mol. The molecule has 0 bridgehead atoms. The number of carbonyl (C=O) groups is 2. The van der Waals surface area contributed by atoms with Gasteiger partial charge in [-0.3, -0.25) is 10.0 Å². The molecule has 23 heavy (non-hydrogen) atoms. The van der Waals surface area contributed by atoms with Crippen LogP contribution < -0.4 is 10.4 Å². The van der Waals surface area contributed by atoms with E-state index in [2.05, 4.69) is 4.90 Å². The van der Waals surface area contributed by atoms with Crippen molar-refractivity contribution in [3.63, 3.8) is 0 Å². The first-order chi connectivity index (χ1) is 11.1. The number of hydrogen-bond donors (Lipinski definition) is 3. The number of carboxylic acid groups (broad SMARTS) is 1. The summed E-state index contributed by atoms with van der Waals surface area (Å²) in [4.78, 5) is 25.9. The Labute approximate surface area is 133 Å². The number of benzene rings is 1. The van der Waals surface area contributed by atoms with E-state index >= 15 is 0 Å². The van der Waals surface area contributed by atoms with E-state index in [-0.39, 0.29) is 5.54 Å². The summed E-state index contributed by atoms with van der Waals surface area (Å²) in [6, 6.07) is 7.69. The fourth-order valence-electron chi connectivity index (χ4n) is 3.52. The molecule has 3 N–H and O–H groups in total. The van der Waals surface area contributed by atoms with Crippen LogP contribution in [0.4, 0.5) is 10.5 Å². The van der Waals surface area contributed by atoms with Crippen LogP contribution >= 0.6 is 0 Å². The molecule has 0 saturated carbocycles. The molecule has 2 aliphatic rings. The number of rotatable bonds is 3. The van der Waals surface area contributed by atoms with Crippen LogP contribution in [-0.2, 0) is 4.79 Å². The molecule has 2 saturated heterocycles. The third-order valence-electron chi connectivity index (χ3n) is 4.59. The normalized spacial score (nSPS) is 19.2. The number of hydroxylamine groups is 1. The summed E-state index contributed by atoms with van der Waals surface area (Å²) in [5.74, 6) is -0.586. The summed E-state index contributed by atoms with van der Waals surface area (Å²) in [6.45, 7) is 1.89. The van der Waals surface area contributed by atoms with E-state index in [0.29, 0.717) is 13.1 Å². The molecule has 2 fully saturated rings. The van der Waals surface area contributed by atoms with Gasteiger partial charge in [-0.05, 0) is 30.5 Å². The molecule has 0 aromatic heterocycles. The van der Waals surface area contributed by atoms with E-state index in [9.17, 15) is 9.59 Å². The van der Waals surface area contributed by atoms with Crippen molar-refractivity contribution in [1.29, 1.82) is 0 Å². The van der Waals surface area contributed by atoms with Gasteiger partial charge in [-0.15, -0.1) is 0 Å². The number of nitrogens with one attached hydrogen (secondary N) is 1. The van der Waals surface area contributed by atoms with Gasteiger partial charge in [-0.25, -0.2) is 10.3 Å². The van der Waals surface area contributed by atoms with Crippen molar-refractivity contribution in [2.24, 2.45) is 0 Å². The van der Waals surface area contributed by atoms with Crippen LogP contribution in [0.5, 0.6) is 0 Å². The summed E-state index contributed by atoms with van der Waals surface area (Å²) in [5.41, 5.74) is 3.28. The Kier molecular flexibility index (Phi) is 3.96. The number of anilines is 1. The van der Waals surface area contributed by atoms with Crippen LogP contribution in [0.15, 0.2) is 30.3 Å². The van der Waals surface area contributed by atoms with Crippen LogP contribution in [-0.4, -0.2) is 52.4 Å². The Morgan fingerprint density at radius 3 is 2.70 bits per heavy atom. The highest BCUT2D eigenvalue weighted by molar-refractivity contribution is 5.92. The van der Waals surface area contributed by atoms with Crippen LogP contribution in [0.3, 0.4) is 0 Å². The van der Waals surface area contributed by atoms with Gasteiger partial charge in [0, 0.05) is 31.4 Å². The van der Waals surface area contributed by atoms with Crippen LogP contribution in [0, 0.1) is 0 Å². The maximum atomic E-state index is 11.2. The first-order valence-electron chi connectivity index (χ1n) is 7.52. The van der Waals surface area contributed by atoms with Crippen molar-refractivity contribution in [1.82, 2.24) is 10.4 Å². The highest BCUT2D eigenvalue weighted by Gasteiger charge is 2.52. The fraction of sp³-hybridized carbons (Fsp3) is 0.375. The molecular formula is C16H19N3O4. The molecular weight excluding hydrogens is 298 g/mol. The Balaban J connectivity index is 1.85. The van der Waals surface area contributed by atoms with E-state index in [1.54, 1.807) is 11.6 Å². The monoisotopic (exact) mass is 317 g/mol. The van der Waals surface area contributed by atoms with Gasteiger partial charge >= 0.3 is 6.09 Å². The van der Waals surface area contributed by atoms with E-state index in [0.717, 1.165) is 30.6 Å². The summed E-state index contributed by atoms with van der Waals surface area (Å²) in [6.07, 6.45) is 4.02. The molecule has 0 unspecified atom stereocenters. The number of nitrogens with zero attached hydrogens (tertiary/aromatic N) is 2. The second-order valence-electron chi connectivity index (χ2n) is 5.99. The number of carbonyl (C=O) groups excluding carboxylic acids is 1. The quantitative estimate of drug-likeness (QED) is 0.447. The zero-order chi connectivity index (χ0) is 16.4. The zero-order valence-corrected chi connectivity index (χ0v) is 12.6. The first-order valence-corrected chi connectivity index (χ1v) is 7.52. The third kappa shape index (κ3) is 2.75. The SMILES string of the molecule is O=C(/C=C/c1ccccc1N1CCCC12CN(C(=O)O)C2)NO.